The third-order valence-electron chi connectivity index (χ3n) is 2.88. The zero-order valence-electron chi connectivity index (χ0n) is 8.31. The highest BCUT2D eigenvalue weighted by Crippen LogP contribution is 2.42. The number of hydrogen-bond acceptors (Lipinski definition) is 1. The van der Waals surface area contributed by atoms with Gasteiger partial charge in [-0.3, -0.25) is 4.79 Å². The van der Waals surface area contributed by atoms with Gasteiger partial charge in [0, 0.05) is 5.92 Å². The van der Waals surface area contributed by atoms with Gasteiger partial charge >= 0.3 is 6.18 Å². The maximum Gasteiger partial charge on any atom is 0.392 e. The molecule has 1 nitrogen and oxygen atoms in total. The molecular formula is C11H13F3O. The van der Waals surface area contributed by atoms with Crippen molar-refractivity contribution < 1.29 is 18.0 Å². The number of Topliss-reactive ketones (excluding diaryl/α,β-unsaturated/α-hetero) is 1. The van der Waals surface area contributed by atoms with Crippen LogP contribution >= 0.6 is 0 Å². The first-order valence-corrected chi connectivity index (χ1v) is 4.99. The average molecular weight is 218 g/mol. The van der Waals surface area contributed by atoms with E-state index in [2.05, 4.69) is 5.92 Å². The van der Waals surface area contributed by atoms with Crippen LogP contribution in [0.5, 0.6) is 0 Å². The molecule has 0 heterocycles. The van der Waals surface area contributed by atoms with Crippen molar-refractivity contribution in [1.82, 2.24) is 0 Å². The highest BCUT2D eigenvalue weighted by molar-refractivity contribution is 5.83. The van der Waals surface area contributed by atoms with Gasteiger partial charge in [0.05, 0.1) is 12.3 Å². The molecule has 0 aliphatic heterocycles. The van der Waals surface area contributed by atoms with Crippen LogP contribution in [0.25, 0.3) is 0 Å². The second-order valence-corrected chi connectivity index (χ2v) is 3.89. The topological polar surface area (TPSA) is 17.1 Å². The van der Waals surface area contributed by atoms with Crippen molar-refractivity contribution in [2.75, 3.05) is 0 Å². The summed E-state index contributed by atoms with van der Waals surface area (Å²) in [6.45, 7) is 0. The number of carbonyl (C=O) groups excluding carboxylic acids is 1. The van der Waals surface area contributed by atoms with E-state index in [1.165, 1.54) is 0 Å². The Morgan fingerprint density at radius 2 is 1.93 bits per heavy atom. The van der Waals surface area contributed by atoms with E-state index in [4.69, 9.17) is 6.42 Å². The highest BCUT2D eigenvalue weighted by atomic mass is 19.4. The van der Waals surface area contributed by atoms with Gasteiger partial charge in [-0.2, -0.15) is 13.2 Å². The molecule has 1 aliphatic carbocycles. The summed E-state index contributed by atoms with van der Waals surface area (Å²) in [5.41, 5.74) is 0. The lowest BCUT2D eigenvalue weighted by atomic mass is 9.76. The molecule has 0 aromatic carbocycles. The monoisotopic (exact) mass is 218 g/mol. The fraction of sp³-hybridized carbons (Fsp3) is 0.727. The summed E-state index contributed by atoms with van der Waals surface area (Å²) in [7, 11) is 0. The van der Waals surface area contributed by atoms with Gasteiger partial charge in [0.15, 0.2) is 0 Å². The van der Waals surface area contributed by atoms with Gasteiger partial charge in [0.1, 0.15) is 5.78 Å². The fourth-order valence-corrected chi connectivity index (χ4v) is 2.14. The molecular weight excluding hydrogens is 205 g/mol. The summed E-state index contributed by atoms with van der Waals surface area (Å²) in [6.07, 6.45) is 2.10. The Labute approximate surface area is 87.0 Å². The molecule has 2 unspecified atom stereocenters. The van der Waals surface area contributed by atoms with Crippen molar-refractivity contribution in [3.05, 3.63) is 0 Å². The number of carbonyl (C=O) groups is 1. The average Bonchev–Trinajstić information content (AvgIpc) is 2.17. The number of halogens is 3. The van der Waals surface area contributed by atoms with Gasteiger partial charge in [-0.05, 0) is 12.8 Å². The molecule has 0 amide bonds. The summed E-state index contributed by atoms with van der Waals surface area (Å²) in [5, 5.41) is 0. The van der Waals surface area contributed by atoms with E-state index < -0.39 is 23.8 Å². The molecule has 4 heteroatoms. The van der Waals surface area contributed by atoms with E-state index in [1.54, 1.807) is 0 Å². The Bertz CT molecular complexity index is 275. The quantitative estimate of drug-likeness (QED) is 0.651. The lowest BCUT2D eigenvalue weighted by molar-refractivity contribution is -0.197. The standard InChI is InChI=1S/C11H13F3O/c1-2-5-10(15)8-6-3-4-7-9(8)11(12,13)14/h1,8-9H,3-7H2. The third kappa shape index (κ3) is 2.98. The Kier molecular flexibility index (Phi) is 3.78. The van der Waals surface area contributed by atoms with E-state index in [0.717, 1.165) is 0 Å². The number of ketones is 1. The van der Waals surface area contributed by atoms with Crippen LogP contribution in [-0.2, 0) is 4.79 Å². The highest BCUT2D eigenvalue weighted by Gasteiger charge is 2.47. The van der Waals surface area contributed by atoms with Crippen molar-refractivity contribution in [2.24, 2.45) is 11.8 Å². The molecule has 1 aliphatic rings. The summed E-state index contributed by atoms with van der Waals surface area (Å²) in [5.74, 6) is -0.698. The maximum absolute atomic E-state index is 12.6. The molecule has 2 atom stereocenters. The van der Waals surface area contributed by atoms with Gasteiger partial charge in [-0.25, -0.2) is 0 Å². The minimum atomic E-state index is -4.27. The van der Waals surface area contributed by atoms with E-state index in [1.807, 2.05) is 0 Å². The molecule has 15 heavy (non-hydrogen) atoms. The van der Waals surface area contributed by atoms with E-state index in [9.17, 15) is 18.0 Å². The first-order chi connectivity index (χ1) is 6.96. The summed E-state index contributed by atoms with van der Waals surface area (Å²) < 4.78 is 37.8. The molecule has 1 fully saturated rings. The van der Waals surface area contributed by atoms with Crippen LogP contribution in [0.4, 0.5) is 13.2 Å². The summed E-state index contributed by atoms with van der Waals surface area (Å²) >= 11 is 0. The van der Waals surface area contributed by atoms with E-state index >= 15 is 0 Å². The van der Waals surface area contributed by atoms with Crippen LogP contribution in [0.1, 0.15) is 32.1 Å². The first-order valence-electron chi connectivity index (χ1n) is 4.99. The van der Waals surface area contributed by atoms with Gasteiger partial charge in [0.25, 0.3) is 0 Å². The van der Waals surface area contributed by atoms with Crippen molar-refractivity contribution in [2.45, 2.75) is 38.3 Å². The fourth-order valence-electron chi connectivity index (χ4n) is 2.14. The number of hydrogen-bond donors (Lipinski definition) is 0. The second-order valence-electron chi connectivity index (χ2n) is 3.89. The van der Waals surface area contributed by atoms with Crippen molar-refractivity contribution in [3.63, 3.8) is 0 Å². The van der Waals surface area contributed by atoms with Crippen molar-refractivity contribution in [3.8, 4) is 12.3 Å². The van der Waals surface area contributed by atoms with Gasteiger partial charge < -0.3 is 0 Å². The van der Waals surface area contributed by atoms with Gasteiger partial charge in [-0.15, -0.1) is 6.42 Å². The smallest absolute Gasteiger partial charge is 0.298 e. The lowest BCUT2D eigenvalue weighted by Crippen LogP contribution is -2.37. The molecule has 0 saturated heterocycles. The van der Waals surface area contributed by atoms with Crippen LogP contribution in [0.3, 0.4) is 0 Å². The van der Waals surface area contributed by atoms with Crippen LogP contribution in [0.2, 0.25) is 0 Å². The first kappa shape index (κ1) is 12.1. The van der Waals surface area contributed by atoms with Crippen molar-refractivity contribution >= 4 is 5.78 Å². The molecule has 0 aromatic heterocycles. The predicted octanol–water partition coefficient (Wildman–Crippen LogP) is 2.95. The van der Waals surface area contributed by atoms with Crippen molar-refractivity contribution in [1.29, 1.82) is 0 Å². The molecule has 0 bridgehead atoms. The van der Waals surface area contributed by atoms with E-state index in [0.29, 0.717) is 19.3 Å². The third-order valence-corrected chi connectivity index (χ3v) is 2.88. The van der Waals surface area contributed by atoms with Crippen LogP contribution in [0.15, 0.2) is 0 Å². The summed E-state index contributed by atoms with van der Waals surface area (Å²) in [6, 6.07) is 0. The maximum atomic E-state index is 12.6. The molecule has 0 radical (unpaired) electrons. The van der Waals surface area contributed by atoms with Crippen LogP contribution in [0, 0.1) is 24.2 Å². The Morgan fingerprint density at radius 3 is 2.47 bits per heavy atom. The summed E-state index contributed by atoms with van der Waals surface area (Å²) in [4.78, 5) is 11.4. The van der Waals surface area contributed by atoms with Gasteiger partial charge in [0.2, 0.25) is 0 Å². The predicted molar refractivity (Wildman–Crippen MR) is 50.0 cm³/mol. The normalized spacial score (nSPS) is 27.1. The SMILES string of the molecule is C#CCC(=O)C1CCCCC1C(F)(F)F. The largest absolute Gasteiger partial charge is 0.392 e. The number of alkyl halides is 3. The molecule has 0 aromatic rings. The minimum Gasteiger partial charge on any atom is -0.298 e. The minimum absolute atomic E-state index is 0.0600. The Balaban J connectivity index is 2.75. The molecule has 1 saturated carbocycles. The van der Waals surface area contributed by atoms with Gasteiger partial charge in [-0.1, -0.05) is 18.8 Å². The molecule has 1 rings (SSSR count). The second kappa shape index (κ2) is 4.69. The zero-order chi connectivity index (χ0) is 11.5. The Morgan fingerprint density at radius 1 is 1.33 bits per heavy atom. The zero-order valence-corrected chi connectivity index (χ0v) is 8.31. The molecule has 0 spiro atoms. The van der Waals surface area contributed by atoms with Crippen LogP contribution in [-0.4, -0.2) is 12.0 Å². The lowest BCUT2D eigenvalue weighted by Gasteiger charge is -2.31. The number of rotatable bonds is 2. The Hall–Kier alpha value is -0.980. The van der Waals surface area contributed by atoms with E-state index in [-0.39, 0.29) is 12.8 Å². The molecule has 84 valence electrons. The number of terminal acetylenes is 1. The molecule has 0 N–H and O–H groups in total. The van der Waals surface area contributed by atoms with Crippen LogP contribution < -0.4 is 0 Å².